The van der Waals surface area contributed by atoms with Crippen LogP contribution in [-0.2, 0) is 6.42 Å². The quantitative estimate of drug-likeness (QED) is 0.846. The smallest absolute Gasteiger partial charge is 0.137 e. The zero-order chi connectivity index (χ0) is 15.9. The van der Waals surface area contributed by atoms with E-state index in [0.29, 0.717) is 5.56 Å². The van der Waals surface area contributed by atoms with Crippen LogP contribution in [0.3, 0.4) is 0 Å². The number of hydrogen-bond acceptors (Lipinski definition) is 3. The van der Waals surface area contributed by atoms with Gasteiger partial charge in [-0.1, -0.05) is 42.5 Å². The first-order valence-corrected chi connectivity index (χ1v) is 8.27. The van der Waals surface area contributed by atoms with Gasteiger partial charge in [0.05, 0.1) is 5.56 Å². The van der Waals surface area contributed by atoms with Crippen molar-refractivity contribution < 1.29 is 4.74 Å². The van der Waals surface area contributed by atoms with Crippen LogP contribution in [0.4, 0.5) is 0 Å². The Morgan fingerprint density at radius 1 is 1.00 bits per heavy atom. The second-order valence-corrected chi connectivity index (χ2v) is 6.00. The molecular formula is C20H22N2O. The number of benzene rings is 2. The molecule has 1 fully saturated rings. The number of para-hydroxylation sites is 1. The summed E-state index contributed by atoms with van der Waals surface area (Å²) in [6.45, 7) is 3.23. The molecular weight excluding hydrogens is 284 g/mol. The normalized spacial score (nSPS) is 16.0. The van der Waals surface area contributed by atoms with Crippen molar-refractivity contribution in [2.75, 3.05) is 19.6 Å². The van der Waals surface area contributed by atoms with Crippen LogP contribution in [0.15, 0.2) is 54.6 Å². The van der Waals surface area contributed by atoms with Crippen molar-refractivity contribution in [1.29, 1.82) is 5.26 Å². The molecule has 3 heteroatoms. The fourth-order valence-corrected chi connectivity index (χ4v) is 3.02. The highest BCUT2D eigenvalue weighted by Gasteiger charge is 2.21. The van der Waals surface area contributed by atoms with Crippen molar-refractivity contribution in [3.8, 4) is 11.8 Å². The van der Waals surface area contributed by atoms with Crippen molar-refractivity contribution >= 4 is 0 Å². The van der Waals surface area contributed by atoms with E-state index in [1.54, 1.807) is 0 Å². The molecule has 0 saturated carbocycles. The van der Waals surface area contributed by atoms with Crippen LogP contribution in [0.1, 0.15) is 24.0 Å². The lowest BCUT2D eigenvalue weighted by Gasteiger charge is -2.32. The summed E-state index contributed by atoms with van der Waals surface area (Å²) in [5.74, 6) is 0.720. The topological polar surface area (TPSA) is 36.3 Å². The fourth-order valence-electron chi connectivity index (χ4n) is 3.02. The third-order valence-corrected chi connectivity index (χ3v) is 4.40. The van der Waals surface area contributed by atoms with Gasteiger partial charge in [0, 0.05) is 19.6 Å². The minimum Gasteiger partial charge on any atom is -0.489 e. The molecule has 118 valence electrons. The van der Waals surface area contributed by atoms with Gasteiger partial charge < -0.3 is 9.64 Å². The highest BCUT2D eigenvalue weighted by molar-refractivity contribution is 5.42. The van der Waals surface area contributed by atoms with Crippen LogP contribution in [-0.4, -0.2) is 30.6 Å². The number of nitriles is 1. The summed E-state index contributed by atoms with van der Waals surface area (Å²) in [7, 11) is 0. The standard InChI is InChI=1S/C20H22N2O/c21-16-18-8-4-5-9-20(18)23-19-11-14-22(15-12-19)13-10-17-6-2-1-3-7-17/h1-9,19H,10-15H2. The third-order valence-electron chi connectivity index (χ3n) is 4.40. The molecule has 1 saturated heterocycles. The maximum atomic E-state index is 9.13. The molecule has 1 aliphatic rings. The molecule has 0 aromatic heterocycles. The maximum absolute atomic E-state index is 9.13. The van der Waals surface area contributed by atoms with Gasteiger partial charge >= 0.3 is 0 Å². The summed E-state index contributed by atoms with van der Waals surface area (Å²) in [6, 6.07) is 20.3. The second kappa shape index (κ2) is 7.80. The van der Waals surface area contributed by atoms with Gasteiger partial charge in [-0.15, -0.1) is 0 Å². The number of nitrogens with zero attached hydrogens (tertiary/aromatic N) is 2. The number of likely N-dealkylation sites (tertiary alicyclic amines) is 1. The summed E-state index contributed by atoms with van der Waals surface area (Å²) in [5.41, 5.74) is 2.02. The molecule has 0 aliphatic carbocycles. The lowest BCUT2D eigenvalue weighted by molar-refractivity contribution is 0.101. The van der Waals surface area contributed by atoms with Crippen molar-refractivity contribution in [3.63, 3.8) is 0 Å². The predicted molar refractivity (Wildman–Crippen MR) is 91.4 cm³/mol. The first-order valence-electron chi connectivity index (χ1n) is 8.27. The maximum Gasteiger partial charge on any atom is 0.137 e. The molecule has 1 heterocycles. The van der Waals surface area contributed by atoms with Crippen molar-refractivity contribution in [1.82, 2.24) is 4.90 Å². The number of rotatable bonds is 5. The summed E-state index contributed by atoms with van der Waals surface area (Å²) in [4.78, 5) is 2.50. The van der Waals surface area contributed by atoms with E-state index in [-0.39, 0.29) is 6.10 Å². The lowest BCUT2D eigenvalue weighted by atomic mass is 10.1. The van der Waals surface area contributed by atoms with Gasteiger partial charge in [-0.2, -0.15) is 5.26 Å². The third kappa shape index (κ3) is 4.34. The Balaban J connectivity index is 1.46. The molecule has 3 nitrogen and oxygen atoms in total. The number of hydrogen-bond donors (Lipinski definition) is 0. The van der Waals surface area contributed by atoms with E-state index < -0.39 is 0 Å². The van der Waals surface area contributed by atoms with Crippen LogP contribution >= 0.6 is 0 Å². The minimum atomic E-state index is 0.220. The average molecular weight is 306 g/mol. The summed E-state index contributed by atoms with van der Waals surface area (Å²) in [6.07, 6.45) is 3.37. The van der Waals surface area contributed by atoms with Gasteiger partial charge in [0.1, 0.15) is 17.9 Å². The molecule has 1 aliphatic heterocycles. The number of piperidine rings is 1. The van der Waals surface area contributed by atoms with E-state index in [1.807, 2.05) is 24.3 Å². The van der Waals surface area contributed by atoms with Gasteiger partial charge in [-0.05, 0) is 37.0 Å². The minimum absolute atomic E-state index is 0.220. The van der Waals surface area contributed by atoms with Crippen LogP contribution in [0.25, 0.3) is 0 Å². The van der Waals surface area contributed by atoms with E-state index in [0.717, 1.165) is 44.6 Å². The Morgan fingerprint density at radius 3 is 2.43 bits per heavy atom. The molecule has 0 spiro atoms. The lowest BCUT2D eigenvalue weighted by Crippen LogP contribution is -2.39. The zero-order valence-corrected chi connectivity index (χ0v) is 13.3. The largest absolute Gasteiger partial charge is 0.489 e. The van der Waals surface area contributed by atoms with Crippen molar-refractivity contribution in [3.05, 3.63) is 65.7 Å². The van der Waals surface area contributed by atoms with Crippen LogP contribution in [0.5, 0.6) is 5.75 Å². The zero-order valence-electron chi connectivity index (χ0n) is 13.3. The first-order chi connectivity index (χ1) is 11.3. The summed E-state index contributed by atoms with van der Waals surface area (Å²) in [5, 5.41) is 9.13. The Morgan fingerprint density at radius 2 is 1.70 bits per heavy atom. The molecule has 3 rings (SSSR count). The van der Waals surface area contributed by atoms with Crippen molar-refractivity contribution in [2.45, 2.75) is 25.4 Å². The highest BCUT2D eigenvalue weighted by Crippen LogP contribution is 2.22. The van der Waals surface area contributed by atoms with E-state index in [1.165, 1.54) is 5.56 Å². The summed E-state index contributed by atoms with van der Waals surface area (Å²) >= 11 is 0. The van der Waals surface area contributed by atoms with Gasteiger partial charge in [-0.3, -0.25) is 0 Å². The van der Waals surface area contributed by atoms with E-state index in [2.05, 4.69) is 41.3 Å². The predicted octanol–water partition coefficient (Wildman–Crippen LogP) is 3.64. The molecule has 0 amide bonds. The van der Waals surface area contributed by atoms with Gasteiger partial charge in [0.25, 0.3) is 0 Å². The molecule has 0 radical (unpaired) electrons. The van der Waals surface area contributed by atoms with Gasteiger partial charge in [0.2, 0.25) is 0 Å². The van der Waals surface area contributed by atoms with E-state index >= 15 is 0 Å². The molecule has 2 aromatic rings. The van der Waals surface area contributed by atoms with Crippen LogP contribution in [0, 0.1) is 11.3 Å². The Kier molecular flexibility index (Phi) is 5.29. The summed E-state index contributed by atoms with van der Waals surface area (Å²) < 4.78 is 6.04. The van der Waals surface area contributed by atoms with Crippen LogP contribution in [0.2, 0.25) is 0 Å². The average Bonchev–Trinajstić information content (AvgIpc) is 2.62. The van der Waals surface area contributed by atoms with E-state index in [9.17, 15) is 0 Å². The van der Waals surface area contributed by atoms with E-state index in [4.69, 9.17) is 10.00 Å². The molecule has 2 aromatic carbocycles. The molecule has 23 heavy (non-hydrogen) atoms. The Hall–Kier alpha value is -2.31. The molecule has 0 atom stereocenters. The molecule has 0 unspecified atom stereocenters. The van der Waals surface area contributed by atoms with Gasteiger partial charge in [0.15, 0.2) is 0 Å². The second-order valence-electron chi connectivity index (χ2n) is 6.00. The highest BCUT2D eigenvalue weighted by atomic mass is 16.5. The Bertz CT molecular complexity index is 655. The fraction of sp³-hybridized carbons (Fsp3) is 0.350. The van der Waals surface area contributed by atoms with Crippen molar-refractivity contribution in [2.24, 2.45) is 0 Å². The first kappa shape index (κ1) is 15.6. The molecule has 0 bridgehead atoms. The monoisotopic (exact) mass is 306 g/mol. The SMILES string of the molecule is N#Cc1ccccc1OC1CCN(CCc2ccccc2)CC1. The molecule has 0 N–H and O–H groups in total. The van der Waals surface area contributed by atoms with Gasteiger partial charge in [-0.25, -0.2) is 0 Å². The van der Waals surface area contributed by atoms with Crippen LogP contribution < -0.4 is 4.74 Å². The Labute approximate surface area is 138 Å². The number of ether oxygens (including phenoxy) is 1.